The zero-order valence-electron chi connectivity index (χ0n) is 13.5. The van der Waals surface area contributed by atoms with Gasteiger partial charge in [0, 0.05) is 18.7 Å². The molecule has 0 radical (unpaired) electrons. The van der Waals surface area contributed by atoms with Gasteiger partial charge in [-0.1, -0.05) is 12.1 Å². The Morgan fingerprint density at radius 3 is 2.52 bits per heavy atom. The van der Waals surface area contributed by atoms with Gasteiger partial charge < -0.3 is 4.90 Å². The number of sulfonamides is 1. The number of carbonyl (C=O) groups is 1. The summed E-state index contributed by atoms with van der Waals surface area (Å²) < 4.78 is 27.6. The molecular weight excluding hydrogens is 338 g/mol. The van der Waals surface area contributed by atoms with Gasteiger partial charge in [-0.25, -0.2) is 8.42 Å². The van der Waals surface area contributed by atoms with Crippen molar-refractivity contribution in [1.29, 1.82) is 5.26 Å². The summed E-state index contributed by atoms with van der Waals surface area (Å²) >= 11 is 0. The molecule has 2 aromatic carbocycles. The molecule has 1 fully saturated rings. The minimum atomic E-state index is -3.85. The van der Waals surface area contributed by atoms with Gasteiger partial charge in [-0.2, -0.15) is 5.26 Å². The maximum atomic E-state index is 12.6. The summed E-state index contributed by atoms with van der Waals surface area (Å²) in [6, 6.07) is 14.2. The molecule has 0 aromatic heterocycles. The van der Waals surface area contributed by atoms with Crippen molar-refractivity contribution in [2.45, 2.75) is 17.7 Å². The first kappa shape index (κ1) is 17.0. The van der Waals surface area contributed by atoms with Gasteiger partial charge in [0.1, 0.15) is 0 Å². The van der Waals surface area contributed by atoms with Crippen molar-refractivity contribution in [2.75, 3.05) is 17.8 Å². The Kier molecular flexibility index (Phi) is 4.72. The van der Waals surface area contributed by atoms with Crippen LogP contribution in [0.2, 0.25) is 0 Å². The highest BCUT2D eigenvalue weighted by atomic mass is 32.2. The first-order chi connectivity index (χ1) is 12.0. The van der Waals surface area contributed by atoms with E-state index >= 15 is 0 Å². The van der Waals surface area contributed by atoms with Crippen LogP contribution in [0.4, 0.5) is 5.69 Å². The Hall–Kier alpha value is -2.85. The van der Waals surface area contributed by atoms with Crippen molar-refractivity contribution < 1.29 is 13.2 Å². The monoisotopic (exact) mass is 355 g/mol. The van der Waals surface area contributed by atoms with Gasteiger partial charge in [0.25, 0.3) is 15.9 Å². The second kappa shape index (κ2) is 6.95. The van der Waals surface area contributed by atoms with E-state index in [0.29, 0.717) is 29.9 Å². The number of hydrogen-bond acceptors (Lipinski definition) is 4. The van der Waals surface area contributed by atoms with Crippen LogP contribution in [0.25, 0.3) is 0 Å². The third-order valence-corrected chi connectivity index (χ3v) is 5.41. The number of anilines is 1. The number of carbonyl (C=O) groups excluding carboxylic acids is 1. The van der Waals surface area contributed by atoms with Gasteiger partial charge in [0.05, 0.1) is 22.2 Å². The van der Waals surface area contributed by atoms with Crippen LogP contribution in [0.3, 0.4) is 0 Å². The van der Waals surface area contributed by atoms with Crippen molar-refractivity contribution in [2.24, 2.45) is 0 Å². The van der Waals surface area contributed by atoms with Crippen molar-refractivity contribution in [3.05, 3.63) is 59.7 Å². The summed E-state index contributed by atoms with van der Waals surface area (Å²) in [4.78, 5) is 14.2. The van der Waals surface area contributed by atoms with Crippen LogP contribution in [0, 0.1) is 11.3 Å². The van der Waals surface area contributed by atoms with E-state index in [2.05, 4.69) is 4.72 Å². The average Bonchev–Trinajstić information content (AvgIpc) is 3.15. The fourth-order valence-electron chi connectivity index (χ4n) is 2.77. The first-order valence-corrected chi connectivity index (χ1v) is 9.40. The zero-order chi connectivity index (χ0) is 17.9. The van der Waals surface area contributed by atoms with Crippen LogP contribution in [-0.4, -0.2) is 32.3 Å². The van der Waals surface area contributed by atoms with Crippen LogP contribution >= 0.6 is 0 Å². The third kappa shape index (κ3) is 3.80. The molecular formula is C18H17N3O3S. The molecule has 0 saturated carbocycles. The predicted octanol–water partition coefficient (Wildman–Crippen LogP) is 2.60. The smallest absolute Gasteiger partial charge is 0.261 e. The highest BCUT2D eigenvalue weighted by Crippen LogP contribution is 2.20. The molecule has 1 aliphatic rings. The second-order valence-corrected chi connectivity index (χ2v) is 7.51. The topological polar surface area (TPSA) is 90.3 Å². The van der Waals surface area contributed by atoms with Crippen molar-refractivity contribution >= 4 is 21.6 Å². The molecule has 6 nitrogen and oxygen atoms in total. The van der Waals surface area contributed by atoms with Crippen LogP contribution in [0.5, 0.6) is 0 Å². The van der Waals surface area contributed by atoms with Gasteiger partial charge in [0.2, 0.25) is 0 Å². The molecule has 128 valence electrons. The molecule has 3 rings (SSSR count). The summed E-state index contributed by atoms with van der Waals surface area (Å²) in [6.45, 7) is 1.41. The highest BCUT2D eigenvalue weighted by molar-refractivity contribution is 7.92. The SMILES string of the molecule is N#Cc1cccc(NS(=O)(=O)c2cccc(C(=O)N3CCCC3)c2)c1. The van der Waals surface area contributed by atoms with E-state index in [1.807, 2.05) is 6.07 Å². The lowest BCUT2D eigenvalue weighted by Gasteiger charge is -2.16. The largest absolute Gasteiger partial charge is 0.339 e. The molecule has 1 heterocycles. The lowest BCUT2D eigenvalue weighted by molar-refractivity contribution is 0.0792. The molecule has 0 spiro atoms. The molecule has 1 amide bonds. The Morgan fingerprint density at radius 2 is 1.80 bits per heavy atom. The lowest BCUT2D eigenvalue weighted by Crippen LogP contribution is -2.27. The Morgan fingerprint density at radius 1 is 1.08 bits per heavy atom. The van der Waals surface area contributed by atoms with Gasteiger partial charge in [0.15, 0.2) is 0 Å². The van der Waals surface area contributed by atoms with E-state index in [0.717, 1.165) is 12.8 Å². The number of likely N-dealkylation sites (tertiary alicyclic amines) is 1. The molecule has 2 aromatic rings. The number of nitrogens with zero attached hydrogens (tertiary/aromatic N) is 2. The molecule has 25 heavy (non-hydrogen) atoms. The fraction of sp³-hybridized carbons (Fsp3) is 0.222. The molecule has 7 heteroatoms. The van der Waals surface area contributed by atoms with E-state index in [4.69, 9.17) is 5.26 Å². The van der Waals surface area contributed by atoms with Gasteiger partial charge >= 0.3 is 0 Å². The van der Waals surface area contributed by atoms with Crippen molar-refractivity contribution in [3.63, 3.8) is 0 Å². The molecule has 1 N–H and O–H groups in total. The Balaban J connectivity index is 1.86. The Bertz CT molecular complexity index is 942. The molecule has 0 unspecified atom stereocenters. The van der Waals surface area contributed by atoms with E-state index in [-0.39, 0.29) is 10.8 Å². The molecule has 1 aliphatic heterocycles. The molecule has 0 bridgehead atoms. The van der Waals surface area contributed by atoms with Crippen LogP contribution in [-0.2, 0) is 10.0 Å². The second-order valence-electron chi connectivity index (χ2n) is 5.83. The maximum Gasteiger partial charge on any atom is 0.261 e. The van der Waals surface area contributed by atoms with Gasteiger partial charge in [-0.15, -0.1) is 0 Å². The lowest BCUT2D eigenvalue weighted by atomic mass is 10.2. The van der Waals surface area contributed by atoms with Gasteiger partial charge in [-0.05, 0) is 49.2 Å². The quantitative estimate of drug-likeness (QED) is 0.913. The highest BCUT2D eigenvalue weighted by Gasteiger charge is 2.22. The van der Waals surface area contributed by atoms with E-state index in [1.165, 1.54) is 18.2 Å². The van der Waals surface area contributed by atoms with E-state index < -0.39 is 10.0 Å². The summed E-state index contributed by atoms with van der Waals surface area (Å²) in [5.74, 6) is -0.152. The predicted molar refractivity (Wildman–Crippen MR) is 93.5 cm³/mol. The van der Waals surface area contributed by atoms with E-state index in [1.54, 1.807) is 35.2 Å². The summed E-state index contributed by atoms with van der Waals surface area (Å²) in [7, 11) is -3.85. The summed E-state index contributed by atoms with van der Waals surface area (Å²) in [5, 5.41) is 8.91. The Labute approximate surface area is 146 Å². The van der Waals surface area contributed by atoms with Crippen molar-refractivity contribution in [1.82, 2.24) is 4.90 Å². The normalized spacial score (nSPS) is 14.1. The minimum Gasteiger partial charge on any atom is -0.339 e. The first-order valence-electron chi connectivity index (χ1n) is 7.92. The van der Waals surface area contributed by atoms with Crippen molar-refractivity contribution in [3.8, 4) is 6.07 Å². The van der Waals surface area contributed by atoms with Gasteiger partial charge in [-0.3, -0.25) is 9.52 Å². The zero-order valence-corrected chi connectivity index (χ0v) is 14.3. The number of benzene rings is 2. The number of nitriles is 1. The number of nitrogens with one attached hydrogen (secondary N) is 1. The number of hydrogen-bond donors (Lipinski definition) is 1. The van der Waals surface area contributed by atoms with E-state index in [9.17, 15) is 13.2 Å². The average molecular weight is 355 g/mol. The standard InChI is InChI=1S/C18H17N3O3S/c19-13-14-5-3-7-16(11-14)20-25(23,24)17-8-4-6-15(12-17)18(22)21-9-1-2-10-21/h3-8,11-12,20H,1-2,9-10H2. The summed E-state index contributed by atoms with van der Waals surface area (Å²) in [6.07, 6.45) is 1.95. The minimum absolute atomic E-state index is 0.0138. The molecule has 0 atom stereocenters. The maximum absolute atomic E-state index is 12.6. The van der Waals surface area contributed by atoms with Crippen LogP contribution in [0.1, 0.15) is 28.8 Å². The van der Waals surface area contributed by atoms with Crippen LogP contribution < -0.4 is 4.72 Å². The molecule has 1 saturated heterocycles. The number of rotatable bonds is 4. The fourth-order valence-corrected chi connectivity index (χ4v) is 3.86. The van der Waals surface area contributed by atoms with Crippen LogP contribution in [0.15, 0.2) is 53.4 Å². The summed E-state index contributed by atoms with van der Waals surface area (Å²) in [5.41, 5.74) is 1.02. The number of amides is 1. The molecule has 0 aliphatic carbocycles. The third-order valence-electron chi connectivity index (χ3n) is 4.03.